The molecule has 10 heteroatoms. The van der Waals surface area contributed by atoms with Gasteiger partial charge in [-0.3, -0.25) is 4.79 Å². The minimum atomic E-state index is -0.652. The Morgan fingerprint density at radius 2 is 2.11 bits per heavy atom. The van der Waals surface area contributed by atoms with Crippen molar-refractivity contribution in [1.82, 2.24) is 29.9 Å². The van der Waals surface area contributed by atoms with Crippen molar-refractivity contribution in [3.63, 3.8) is 0 Å². The second-order valence-electron chi connectivity index (χ2n) is 6.61. The number of carbonyl (C=O) groups is 1. The monoisotopic (exact) mass is 404 g/mol. The van der Waals surface area contributed by atoms with Crippen LogP contribution in [0, 0.1) is 11.6 Å². The number of hydrogen-bond acceptors (Lipinski definition) is 5. The van der Waals surface area contributed by atoms with Gasteiger partial charge in [0.2, 0.25) is 5.91 Å². The largest absolute Gasteiger partial charge is 0.348 e. The molecule has 0 aliphatic heterocycles. The molecule has 3 aromatic rings. The molecule has 0 saturated carbocycles. The number of nitrogens with zero attached hydrogens (tertiary/aromatic N) is 5. The van der Waals surface area contributed by atoms with Gasteiger partial charge in [-0.05, 0) is 31.4 Å². The number of amides is 1. The fourth-order valence-electron chi connectivity index (χ4n) is 3.36. The van der Waals surface area contributed by atoms with Gasteiger partial charge in [-0.25, -0.2) is 13.5 Å². The van der Waals surface area contributed by atoms with Crippen LogP contribution in [0.4, 0.5) is 8.78 Å². The summed E-state index contributed by atoms with van der Waals surface area (Å²) in [6, 6.07) is 3.15. The first-order chi connectivity index (χ1) is 13.5. The maximum absolute atomic E-state index is 13.6. The predicted octanol–water partition coefficient (Wildman–Crippen LogP) is 2.56. The third-order valence-corrected chi connectivity index (χ3v) is 5.65. The molecule has 1 aromatic carbocycles. The molecule has 0 fully saturated rings. The quantitative estimate of drug-likeness (QED) is 0.662. The van der Waals surface area contributed by atoms with Gasteiger partial charge in [-0.15, -0.1) is 10.2 Å². The number of aryl methyl sites for hydroxylation is 1. The zero-order valence-electron chi connectivity index (χ0n) is 15.1. The molecular weight excluding hydrogens is 386 g/mol. The molecule has 1 amide bonds. The van der Waals surface area contributed by atoms with E-state index in [1.165, 1.54) is 23.9 Å². The highest BCUT2D eigenvalue weighted by Gasteiger charge is 2.26. The molecular formula is C18H18F2N6OS. The molecule has 0 unspecified atom stereocenters. The summed E-state index contributed by atoms with van der Waals surface area (Å²) >= 11 is 1.31. The van der Waals surface area contributed by atoms with Gasteiger partial charge in [0.05, 0.1) is 23.7 Å². The lowest BCUT2D eigenvalue weighted by Crippen LogP contribution is -2.32. The number of fused-ring (bicyclic) bond motifs is 1. The number of halogens is 2. The molecule has 1 aliphatic carbocycles. The fraction of sp³-hybridized carbons (Fsp3) is 0.333. The second kappa shape index (κ2) is 7.70. The molecule has 146 valence electrons. The van der Waals surface area contributed by atoms with Gasteiger partial charge in [0.1, 0.15) is 18.0 Å². The number of benzene rings is 1. The van der Waals surface area contributed by atoms with E-state index in [9.17, 15) is 13.6 Å². The maximum atomic E-state index is 13.6. The molecule has 28 heavy (non-hydrogen) atoms. The number of rotatable bonds is 5. The van der Waals surface area contributed by atoms with Crippen molar-refractivity contribution < 1.29 is 13.6 Å². The third-order valence-electron chi connectivity index (χ3n) is 4.61. The zero-order valence-corrected chi connectivity index (χ0v) is 15.9. The van der Waals surface area contributed by atoms with E-state index < -0.39 is 11.6 Å². The Labute approximate surface area is 164 Å². The van der Waals surface area contributed by atoms with Gasteiger partial charge >= 0.3 is 0 Å². The standard InChI is InChI=1S/C18H18F2N6OS/c1-25-10-21-24-18(25)28-9-17(27)23-15-3-2-4-16-14(15)8-22-26(16)13-6-11(19)5-12(20)7-13/h5-8,10,15H,2-4,9H2,1H3,(H,23,27)/t15-/m0/s1. The smallest absolute Gasteiger partial charge is 0.230 e. The lowest BCUT2D eigenvalue weighted by atomic mass is 9.93. The first-order valence-electron chi connectivity index (χ1n) is 8.80. The van der Waals surface area contributed by atoms with E-state index in [2.05, 4.69) is 20.6 Å². The van der Waals surface area contributed by atoms with Crippen LogP contribution in [0.5, 0.6) is 0 Å². The highest BCUT2D eigenvalue weighted by atomic mass is 32.2. The van der Waals surface area contributed by atoms with Crippen molar-refractivity contribution >= 4 is 17.7 Å². The van der Waals surface area contributed by atoms with Crippen LogP contribution >= 0.6 is 11.8 Å². The van der Waals surface area contributed by atoms with Crippen LogP contribution in [0.3, 0.4) is 0 Å². The highest BCUT2D eigenvalue weighted by molar-refractivity contribution is 7.99. The van der Waals surface area contributed by atoms with E-state index in [1.54, 1.807) is 21.8 Å². The van der Waals surface area contributed by atoms with Gasteiger partial charge < -0.3 is 9.88 Å². The molecule has 1 atom stereocenters. The summed E-state index contributed by atoms with van der Waals surface area (Å²) in [5.74, 6) is -1.20. The van der Waals surface area contributed by atoms with Crippen molar-refractivity contribution in [2.45, 2.75) is 30.5 Å². The van der Waals surface area contributed by atoms with Gasteiger partial charge in [0.25, 0.3) is 0 Å². The fourth-order valence-corrected chi connectivity index (χ4v) is 4.06. The van der Waals surface area contributed by atoms with Crippen molar-refractivity contribution in [3.05, 3.63) is 53.6 Å². The average molecular weight is 404 g/mol. The molecule has 1 aliphatic rings. The first kappa shape index (κ1) is 18.6. The maximum Gasteiger partial charge on any atom is 0.230 e. The van der Waals surface area contributed by atoms with Crippen LogP contribution in [-0.2, 0) is 18.3 Å². The Morgan fingerprint density at radius 1 is 1.32 bits per heavy atom. The third kappa shape index (κ3) is 3.77. The Morgan fingerprint density at radius 3 is 2.82 bits per heavy atom. The lowest BCUT2D eigenvalue weighted by molar-refractivity contribution is -0.119. The van der Waals surface area contributed by atoms with Gasteiger partial charge in [-0.2, -0.15) is 5.10 Å². The second-order valence-corrected chi connectivity index (χ2v) is 7.55. The molecule has 2 heterocycles. The molecule has 0 saturated heterocycles. The van der Waals surface area contributed by atoms with Crippen molar-refractivity contribution in [2.24, 2.45) is 7.05 Å². The highest BCUT2D eigenvalue weighted by Crippen LogP contribution is 2.31. The summed E-state index contributed by atoms with van der Waals surface area (Å²) in [7, 11) is 1.82. The average Bonchev–Trinajstić information content (AvgIpc) is 3.26. The van der Waals surface area contributed by atoms with Crippen LogP contribution < -0.4 is 5.32 Å². The topological polar surface area (TPSA) is 77.6 Å². The molecule has 0 radical (unpaired) electrons. The summed E-state index contributed by atoms with van der Waals surface area (Å²) in [5.41, 5.74) is 2.08. The molecule has 2 aromatic heterocycles. The SMILES string of the molecule is Cn1cnnc1SCC(=O)N[C@H]1CCCc2c1cnn2-c1cc(F)cc(F)c1. The summed E-state index contributed by atoms with van der Waals surface area (Å²) < 4.78 is 30.5. The zero-order chi connectivity index (χ0) is 19.7. The van der Waals surface area contributed by atoms with Crippen LogP contribution in [0.2, 0.25) is 0 Å². The van der Waals surface area contributed by atoms with Crippen LogP contribution in [0.1, 0.15) is 30.1 Å². The van der Waals surface area contributed by atoms with Crippen molar-refractivity contribution in [1.29, 1.82) is 0 Å². The van der Waals surface area contributed by atoms with E-state index >= 15 is 0 Å². The van der Waals surface area contributed by atoms with E-state index in [4.69, 9.17) is 0 Å². The van der Waals surface area contributed by atoms with Crippen LogP contribution in [-0.4, -0.2) is 36.2 Å². The lowest BCUT2D eigenvalue weighted by Gasteiger charge is -2.24. The van der Waals surface area contributed by atoms with E-state index in [-0.39, 0.29) is 17.7 Å². The van der Waals surface area contributed by atoms with Crippen molar-refractivity contribution in [3.8, 4) is 5.69 Å². The summed E-state index contributed by atoms with van der Waals surface area (Å²) in [6.45, 7) is 0. The van der Waals surface area contributed by atoms with E-state index in [0.29, 0.717) is 10.8 Å². The van der Waals surface area contributed by atoms with E-state index in [1.807, 2.05) is 7.05 Å². The number of aromatic nitrogens is 5. The van der Waals surface area contributed by atoms with Crippen molar-refractivity contribution in [2.75, 3.05) is 5.75 Å². The van der Waals surface area contributed by atoms with Gasteiger partial charge in [-0.1, -0.05) is 11.8 Å². The van der Waals surface area contributed by atoms with Gasteiger partial charge in [0, 0.05) is 24.4 Å². The Bertz CT molecular complexity index is 997. The summed E-state index contributed by atoms with van der Waals surface area (Å²) in [6.07, 6.45) is 5.61. The minimum Gasteiger partial charge on any atom is -0.348 e. The van der Waals surface area contributed by atoms with Gasteiger partial charge in [0.15, 0.2) is 5.16 Å². The summed E-state index contributed by atoms with van der Waals surface area (Å²) in [4.78, 5) is 12.4. The van der Waals surface area contributed by atoms with Crippen LogP contribution in [0.15, 0.2) is 35.9 Å². The number of carbonyl (C=O) groups excluding carboxylic acids is 1. The number of thioether (sulfide) groups is 1. The summed E-state index contributed by atoms with van der Waals surface area (Å²) in [5, 5.41) is 15.7. The Balaban J connectivity index is 1.49. The molecule has 0 spiro atoms. The normalized spacial score (nSPS) is 16.0. The Hall–Kier alpha value is -2.75. The number of hydrogen-bond donors (Lipinski definition) is 1. The molecule has 7 nitrogen and oxygen atoms in total. The predicted molar refractivity (Wildman–Crippen MR) is 99.0 cm³/mol. The Kier molecular flexibility index (Phi) is 5.12. The van der Waals surface area contributed by atoms with E-state index in [0.717, 1.165) is 36.6 Å². The molecule has 1 N–H and O–H groups in total. The number of nitrogens with one attached hydrogen (secondary N) is 1. The molecule has 4 rings (SSSR count). The minimum absolute atomic E-state index is 0.115. The molecule has 0 bridgehead atoms. The van der Waals surface area contributed by atoms with Crippen LogP contribution in [0.25, 0.3) is 5.69 Å². The first-order valence-corrected chi connectivity index (χ1v) is 9.79.